The summed E-state index contributed by atoms with van der Waals surface area (Å²) in [6.07, 6.45) is -0.975. The molecule has 2 aromatic heterocycles. The maximum absolute atomic E-state index is 14.0. The fourth-order valence-corrected chi connectivity index (χ4v) is 5.95. The molecule has 1 aromatic carbocycles. The minimum Gasteiger partial charge on any atom is -0.376 e. The second-order valence-corrected chi connectivity index (χ2v) is 10.2. The van der Waals surface area contributed by atoms with Gasteiger partial charge in [0.25, 0.3) is 0 Å². The van der Waals surface area contributed by atoms with E-state index in [1.165, 1.54) is 0 Å². The fraction of sp³-hybridized carbons (Fsp3) is 0.560. The Morgan fingerprint density at radius 3 is 2.61 bits per heavy atom. The van der Waals surface area contributed by atoms with Crippen molar-refractivity contribution in [2.45, 2.75) is 31.2 Å². The van der Waals surface area contributed by atoms with E-state index in [4.69, 9.17) is 9.47 Å². The summed E-state index contributed by atoms with van der Waals surface area (Å²) >= 11 is 0. The van der Waals surface area contributed by atoms with E-state index >= 15 is 0 Å². The summed E-state index contributed by atoms with van der Waals surface area (Å²) in [4.78, 5) is 2.40. The first-order chi connectivity index (χ1) is 17.3. The number of halogens is 3. The number of hydrogen-bond donors (Lipinski definition) is 1. The lowest BCUT2D eigenvalue weighted by Gasteiger charge is -2.28. The molecule has 1 N–H and O–H groups in total. The van der Waals surface area contributed by atoms with Crippen LogP contribution < -0.4 is 5.32 Å². The minimum atomic E-state index is -4.54. The van der Waals surface area contributed by atoms with Crippen molar-refractivity contribution in [3.8, 4) is 11.3 Å². The number of ether oxygens (including phenoxy) is 2. The molecule has 0 amide bonds. The molecule has 0 bridgehead atoms. The van der Waals surface area contributed by atoms with Gasteiger partial charge in [-0.05, 0) is 42.9 Å². The molecule has 11 heteroatoms. The lowest BCUT2D eigenvalue weighted by molar-refractivity contribution is -0.137. The van der Waals surface area contributed by atoms with Crippen LogP contribution in [-0.4, -0.2) is 76.5 Å². The Hall–Kier alpha value is -2.76. The van der Waals surface area contributed by atoms with Gasteiger partial charge in [-0.1, -0.05) is 6.07 Å². The van der Waals surface area contributed by atoms with Crippen LogP contribution in [0.3, 0.4) is 0 Å². The molecule has 2 aliphatic heterocycles. The quantitative estimate of drug-likeness (QED) is 0.572. The number of hydrogen-bond acceptors (Lipinski definition) is 7. The molecule has 1 unspecified atom stereocenters. The van der Waals surface area contributed by atoms with Gasteiger partial charge in [0.2, 0.25) is 0 Å². The van der Waals surface area contributed by atoms with Crippen molar-refractivity contribution < 1.29 is 22.6 Å². The molecule has 192 valence electrons. The van der Waals surface area contributed by atoms with E-state index in [0.717, 1.165) is 49.4 Å². The number of rotatable bonds is 5. The van der Waals surface area contributed by atoms with Crippen molar-refractivity contribution in [2.24, 2.45) is 18.9 Å². The number of fused-ring (bicyclic) bond motifs is 2. The Labute approximate surface area is 206 Å². The van der Waals surface area contributed by atoms with E-state index in [-0.39, 0.29) is 23.7 Å². The first kappa shape index (κ1) is 23.6. The van der Waals surface area contributed by atoms with E-state index < -0.39 is 11.7 Å². The van der Waals surface area contributed by atoms with Gasteiger partial charge in [0, 0.05) is 49.9 Å². The third-order valence-electron chi connectivity index (χ3n) is 7.53. The summed E-state index contributed by atoms with van der Waals surface area (Å²) in [5.74, 6) is 0.725. The Balaban J connectivity index is 1.15. The lowest BCUT2D eigenvalue weighted by atomic mass is 10.0. The van der Waals surface area contributed by atoms with Crippen molar-refractivity contribution in [1.29, 1.82) is 0 Å². The summed E-state index contributed by atoms with van der Waals surface area (Å²) in [7, 11) is 1.80. The molecule has 3 aromatic rings. The van der Waals surface area contributed by atoms with Crippen LogP contribution >= 0.6 is 0 Å². The van der Waals surface area contributed by atoms with Gasteiger partial charge in [0.1, 0.15) is 5.56 Å². The van der Waals surface area contributed by atoms with Gasteiger partial charge < -0.3 is 19.7 Å². The number of nitrogens with zero attached hydrogens (tertiary/aromatic N) is 5. The molecule has 36 heavy (non-hydrogen) atoms. The Bertz CT molecular complexity index is 1230. The highest BCUT2D eigenvalue weighted by atomic mass is 19.4. The second-order valence-electron chi connectivity index (χ2n) is 10.2. The van der Waals surface area contributed by atoms with Crippen molar-refractivity contribution in [2.75, 3.05) is 44.8 Å². The van der Waals surface area contributed by atoms with Gasteiger partial charge in [-0.25, -0.2) is 0 Å². The van der Waals surface area contributed by atoms with E-state index in [2.05, 4.69) is 25.5 Å². The summed E-state index contributed by atoms with van der Waals surface area (Å²) in [5, 5.41) is 16.4. The Morgan fingerprint density at radius 1 is 1.08 bits per heavy atom. The number of benzene rings is 1. The fourth-order valence-electron chi connectivity index (χ4n) is 5.95. The number of alkyl halides is 3. The third kappa shape index (κ3) is 4.79. The average Bonchev–Trinajstić information content (AvgIpc) is 3.50. The molecular weight excluding hydrogens is 473 g/mol. The molecular formula is C25H29F3N6O2. The smallest absolute Gasteiger partial charge is 0.376 e. The maximum Gasteiger partial charge on any atom is 0.420 e. The standard InChI is InChI=1S/C25H29F3N6O2/c1-33-10-18-6-15(2-3-22(18)32-33)23-9-21(25(26,27)28)24(31-30-23)29-19-7-16-11-34(12-17(16)8-19)13-20-14-35-4-5-36-20/h2-3,6,9-10,16-17,19-20H,4-5,7-8,11-14H2,1H3,(H,29,31)/t16-,17+,19?,20-/m0/s1. The van der Waals surface area contributed by atoms with Crippen LogP contribution in [0.2, 0.25) is 0 Å². The first-order valence-corrected chi connectivity index (χ1v) is 12.4. The number of anilines is 1. The Morgan fingerprint density at radius 2 is 1.89 bits per heavy atom. The van der Waals surface area contributed by atoms with Crippen molar-refractivity contribution >= 4 is 16.7 Å². The van der Waals surface area contributed by atoms with Crippen LogP contribution in [0.25, 0.3) is 22.2 Å². The highest BCUT2D eigenvalue weighted by Crippen LogP contribution is 2.41. The molecule has 6 rings (SSSR count). The molecule has 4 heterocycles. The van der Waals surface area contributed by atoms with Gasteiger partial charge in [0.15, 0.2) is 5.82 Å². The van der Waals surface area contributed by atoms with Gasteiger partial charge in [-0.15, -0.1) is 10.2 Å². The van der Waals surface area contributed by atoms with Gasteiger partial charge in [0.05, 0.1) is 37.1 Å². The average molecular weight is 503 g/mol. The zero-order chi connectivity index (χ0) is 24.9. The van der Waals surface area contributed by atoms with E-state index in [0.29, 0.717) is 37.2 Å². The Kier molecular flexibility index (Phi) is 6.09. The molecule has 4 atom stereocenters. The van der Waals surface area contributed by atoms with Crippen LogP contribution in [-0.2, 0) is 22.7 Å². The minimum absolute atomic E-state index is 0.0515. The van der Waals surface area contributed by atoms with E-state index in [1.807, 2.05) is 6.20 Å². The predicted octanol–water partition coefficient (Wildman–Crippen LogP) is 3.59. The zero-order valence-electron chi connectivity index (χ0n) is 20.0. The molecule has 8 nitrogen and oxygen atoms in total. The maximum atomic E-state index is 14.0. The van der Waals surface area contributed by atoms with Crippen LogP contribution in [0.15, 0.2) is 30.5 Å². The highest BCUT2D eigenvalue weighted by molar-refractivity contribution is 5.83. The van der Waals surface area contributed by atoms with Crippen LogP contribution in [0.1, 0.15) is 18.4 Å². The molecule has 3 aliphatic rings. The lowest BCUT2D eigenvalue weighted by Crippen LogP contribution is -2.39. The zero-order valence-corrected chi connectivity index (χ0v) is 20.0. The number of nitrogens with one attached hydrogen (secondary N) is 1. The molecule has 2 saturated heterocycles. The van der Waals surface area contributed by atoms with Crippen LogP contribution in [0, 0.1) is 11.8 Å². The second kappa shape index (κ2) is 9.28. The number of aryl methyl sites for hydroxylation is 1. The molecule has 1 saturated carbocycles. The third-order valence-corrected chi connectivity index (χ3v) is 7.53. The van der Waals surface area contributed by atoms with Gasteiger partial charge in [-0.2, -0.15) is 18.3 Å². The predicted molar refractivity (Wildman–Crippen MR) is 127 cm³/mol. The summed E-state index contributed by atoms with van der Waals surface area (Å²) < 4.78 is 55.0. The van der Waals surface area contributed by atoms with Crippen LogP contribution in [0.5, 0.6) is 0 Å². The van der Waals surface area contributed by atoms with Crippen molar-refractivity contribution in [1.82, 2.24) is 24.9 Å². The highest BCUT2D eigenvalue weighted by Gasteiger charge is 2.43. The SMILES string of the molecule is Cn1cc2cc(-c3cc(C(F)(F)F)c(NC4C[C@@H]5CN(C[C@H]6COCCO6)C[C@@H]5C4)nn3)ccc2n1. The number of aromatic nitrogens is 4. The molecule has 0 radical (unpaired) electrons. The first-order valence-electron chi connectivity index (χ1n) is 12.4. The van der Waals surface area contributed by atoms with Crippen LogP contribution in [0.4, 0.5) is 19.0 Å². The molecule has 0 spiro atoms. The van der Waals surface area contributed by atoms with Crippen molar-refractivity contribution in [3.63, 3.8) is 0 Å². The topological polar surface area (TPSA) is 77.3 Å². The summed E-state index contributed by atoms with van der Waals surface area (Å²) in [6.45, 7) is 4.64. The molecule has 3 fully saturated rings. The number of likely N-dealkylation sites (tertiary alicyclic amines) is 1. The van der Waals surface area contributed by atoms with Gasteiger partial charge in [-0.3, -0.25) is 4.68 Å². The largest absolute Gasteiger partial charge is 0.420 e. The molecule has 1 aliphatic carbocycles. The summed E-state index contributed by atoms with van der Waals surface area (Å²) in [6, 6.07) is 6.33. The monoisotopic (exact) mass is 502 g/mol. The van der Waals surface area contributed by atoms with Crippen molar-refractivity contribution in [3.05, 3.63) is 36.0 Å². The van der Waals surface area contributed by atoms with E-state index in [1.54, 1.807) is 29.9 Å². The van der Waals surface area contributed by atoms with E-state index in [9.17, 15) is 13.2 Å². The normalized spacial score (nSPS) is 27.0. The summed E-state index contributed by atoms with van der Waals surface area (Å²) in [5.41, 5.74) is 0.745. The van der Waals surface area contributed by atoms with Gasteiger partial charge >= 0.3 is 6.18 Å².